The lowest BCUT2D eigenvalue weighted by Gasteiger charge is -2.11. The first-order chi connectivity index (χ1) is 9.63. The van der Waals surface area contributed by atoms with Gasteiger partial charge in [0.05, 0.1) is 0 Å². The van der Waals surface area contributed by atoms with E-state index in [2.05, 4.69) is 5.32 Å². The van der Waals surface area contributed by atoms with Gasteiger partial charge < -0.3 is 15.0 Å². The summed E-state index contributed by atoms with van der Waals surface area (Å²) in [4.78, 5) is 12.1. The fraction of sp³-hybridized carbons (Fsp3) is 0.312. The Hall–Kier alpha value is -2.07. The zero-order valence-corrected chi connectivity index (χ0v) is 11.8. The molecule has 0 spiro atoms. The lowest BCUT2D eigenvalue weighted by molar-refractivity contribution is 0.0934. The van der Waals surface area contributed by atoms with Crippen molar-refractivity contribution in [3.05, 3.63) is 48.2 Å². The van der Waals surface area contributed by atoms with Crippen molar-refractivity contribution < 1.29 is 9.90 Å². The second-order valence-electron chi connectivity index (χ2n) is 5.03. The molecule has 1 aromatic carbocycles. The number of nitrogens with one attached hydrogen (secondary N) is 1. The van der Waals surface area contributed by atoms with Crippen molar-refractivity contribution in [1.29, 1.82) is 0 Å². The third-order valence-electron chi connectivity index (χ3n) is 3.35. The van der Waals surface area contributed by atoms with E-state index in [0.717, 1.165) is 11.3 Å². The number of aliphatic hydroxyl groups excluding tert-OH is 1. The summed E-state index contributed by atoms with van der Waals surface area (Å²) in [5, 5.41) is 11.8. The Bertz CT molecular complexity index is 575. The van der Waals surface area contributed by atoms with Gasteiger partial charge in [-0.25, -0.2) is 0 Å². The third kappa shape index (κ3) is 3.08. The van der Waals surface area contributed by atoms with E-state index in [9.17, 15) is 4.79 Å². The Kier molecular flexibility index (Phi) is 4.58. The lowest BCUT2D eigenvalue weighted by atomic mass is 10.2. The Morgan fingerprint density at radius 2 is 1.95 bits per heavy atom. The van der Waals surface area contributed by atoms with Crippen LogP contribution in [0.15, 0.2) is 42.5 Å². The van der Waals surface area contributed by atoms with Crippen LogP contribution in [0.4, 0.5) is 0 Å². The number of rotatable bonds is 5. The van der Waals surface area contributed by atoms with Gasteiger partial charge in [0.1, 0.15) is 5.69 Å². The first-order valence-electron chi connectivity index (χ1n) is 6.73. The van der Waals surface area contributed by atoms with Crippen LogP contribution in [0.3, 0.4) is 0 Å². The number of aliphatic hydroxyl groups is 1. The number of nitrogens with zero attached hydrogens (tertiary/aromatic N) is 1. The van der Waals surface area contributed by atoms with E-state index in [1.807, 2.05) is 61.0 Å². The largest absolute Gasteiger partial charge is 0.396 e. The zero-order chi connectivity index (χ0) is 14.5. The molecule has 0 aliphatic heterocycles. The highest BCUT2D eigenvalue weighted by molar-refractivity contribution is 5.93. The van der Waals surface area contributed by atoms with E-state index >= 15 is 0 Å². The maximum atomic E-state index is 12.1. The number of hydrogen-bond acceptors (Lipinski definition) is 2. The standard InChI is InChI=1S/C16H20N2O2/c1-12(11-19)10-17-16(20)15-9-8-14(18(15)2)13-6-4-3-5-7-13/h3-9,12,19H,10-11H2,1-2H3,(H,17,20). The molecule has 1 amide bonds. The Labute approximate surface area is 119 Å². The number of amides is 1. The molecule has 20 heavy (non-hydrogen) atoms. The van der Waals surface area contributed by atoms with E-state index < -0.39 is 0 Å². The Balaban J connectivity index is 2.15. The molecule has 0 aliphatic carbocycles. The van der Waals surface area contributed by atoms with Crippen LogP contribution in [0.5, 0.6) is 0 Å². The van der Waals surface area contributed by atoms with Crippen LogP contribution in [0.2, 0.25) is 0 Å². The summed E-state index contributed by atoms with van der Waals surface area (Å²) in [5.74, 6) is -0.0530. The molecule has 0 radical (unpaired) electrons. The molecule has 1 heterocycles. The highest BCUT2D eigenvalue weighted by Gasteiger charge is 2.13. The number of carbonyl (C=O) groups is 1. The molecule has 2 rings (SSSR count). The summed E-state index contributed by atoms with van der Waals surface area (Å²) in [6, 6.07) is 13.7. The second-order valence-corrected chi connectivity index (χ2v) is 5.03. The van der Waals surface area contributed by atoms with Gasteiger partial charge in [0.15, 0.2) is 0 Å². The first-order valence-corrected chi connectivity index (χ1v) is 6.73. The molecule has 1 unspecified atom stereocenters. The summed E-state index contributed by atoms with van der Waals surface area (Å²) in [6.07, 6.45) is 0. The van der Waals surface area contributed by atoms with Crippen molar-refractivity contribution in [2.45, 2.75) is 6.92 Å². The monoisotopic (exact) mass is 272 g/mol. The molecular weight excluding hydrogens is 252 g/mol. The number of aromatic nitrogens is 1. The zero-order valence-electron chi connectivity index (χ0n) is 11.8. The predicted octanol–water partition coefficient (Wildman–Crippen LogP) is 2.05. The Morgan fingerprint density at radius 1 is 1.25 bits per heavy atom. The van der Waals surface area contributed by atoms with Crippen LogP contribution < -0.4 is 5.32 Å². The SMILES string of the molecule is CC(CO)CNC(=O)c1ccc(-c2ccccc2)n1C. The second kappa shape index (κ2) is 6.39. The molecule has 2 N–H and O–H groups in total. The molecule has 4 heteroatoms. The van der Waals surface area contributed by atoms with Gasteiger partial charge in [0.25, 0.3) is 5.91 Å². The van der Waals surface area contributed by atoms with Crippen LogP contribution in [0.1, 0.15) is 17.4 Å². The highest BCUT2D eigenvalue weighted by Crippen LogP contribution is 2.21. The van der Waals surface area contributed by atoms with E-state index in [1.165, 1.54) is 0 Å². The smallest absolute Gasteiger partial charge is 0.267 e. The van der Waals surface area contributed by atoms with Gasteiger partial charge in [-0.1, -0.05) is 37.3 Å². The topological polar surface area (TPSA) is 54.3 Å². The van der Waals surface area contributed by atoms with Crippen LogP contribution in [0.25, 0.3) is 11.3 Å². The normalized spacial score (nSPS) is 12.2. The molecule has 0 bridgehead atoms. The van der Waals surface area contributed by atoms with E-state index in [4.69, 9.17) is 5.11 Å². The molecule has 0 fully saturated rings. The van der Waals surface area contributed by atoms with Gasteiger partial charge in [-0.05, 0) is 23.6 Å². The van der Waals surface area contributed by atoms with Gasteiger partial charge in [-0.3, -0.25) is 4.79 Å². The van der Waals surface area contributed by atoms with Gasteiger partial charge in [-0.2, -0.15) is 0 Å². The van der Waals surface area contributed by atoms with Crippen molar-refractivity contribution in [1.82, 2.24) is 9.88 Å². The minimum atomic E-state index is -0.116. The van der Waals surface area contributed by atoms with Crippen molar-refractivity contribution in [3.8, 4) is 11.3 Å². The van der Waals surface area contributed by atoms with Gasteiger partial charge in [0.2, 0.25) is 0 Å². The average Bonchev–Trinajstić information content (AvgIpc) is 2.87. The first kappa shape index (κ1) is 14.3. The van der Waals surface area contributed by atoms with Crippen molar-refractivity contribution in [3.63, 3.8) is 0 Å². The van der Waals surface area contributed by atoms with Gasteiger partial charge in [-0.15, -0.1) is 0 Å². The van der Waals surface area contributed by atoms with Crippen LogP contribution in [-0.4, -0.2) is 28.7 Å². The number of carbonyl (C=O) groups excluding carboxylic acids is 1. The molecule has 0 saturated carbocycles. The summed E-state index contributed by atoms with van der Waals surface area (Å²) < 4.78 is 1.88. The summed E-state index contributed by atoms with van der Waals surface area (Å²) in [6.45, 7) is 2.44. The minimum Gasteiger partial charge on any atom is -0.396 e. The molecule has 1 aromatic heterocycles. The van der Waals surface area contributed by atoms with E-state index in [1.54, 1.807) is 0 Å². The van der Waals surface area contributed by atoms with Gasteiger partial charge in [0, 0.05) is 25.9 Å². The molecule has 106 valence electrons. The molecule has 0 saturated heterocycles. The highest BCUT2D eigenvalue weighted by atomic mass is 16.3. The maximum absolute atomic E-state index is 12.1. The van der Waals surface area contributed by atoms with Crippen LogP contribution >= 0.6 is 0 Å². The maximum Gasteiger partial charge on any atom is 0.267 e. The molecular formula is C16H20N2O2. The minimum absolute atomic E-state index is 0.0628. The Morgan fingerprint density at radius 3 is 2.60 bits per heavy atom. The fourth-order valence-corrected chi connectivity index (χ4v) is 2.06. The van der Waals surface area contributed by atoms with Crippen molar-refractivity contribution in [2.24, 2.45) is 13.0 Å². The summed E-state index contributed by atoms with van der Waals surface area (Å²) in [7, 11) is 1.88. The van der Waals surface area contributed by atoms with Crippen LogP contribution in [0, 0.1) is 5.92 Å². The molecule has 1 atom stereocenters. The van der Waals surface area contributed by atoms with E-state index in [-0.39, 0.29) is 18.4 Å². The number of hydrogen-bond donors (Lipinski definition) is 2. The van der Waals surface area contributed by atoms with Crippen molar-refractivity contribution >= 4 is 5.91 Å². The fourth-order valence-electron chi connectivity index (χ4n) is 2.06. The molecule has 4 nitrogen and oxygen atoms in total. The van der Waals surface area contributed by atoms with Crippen molar-refractivity contribution in [2.75, 3.05) is 13.2 Å². The van der Waals surface area contributed by atoms with Gasteiger partial charge >= 0.3 is 0 Å². The predicted molar refractivity (Wildman–Crippen MR) is 79.4 cm³/mol. The van der Waals surface area contributed by atoms with Crippen LogP contribution in [-0.2, 0) is 7.05 Å². The third-order valence-corrected chi connectivity index (χ3v) is 3.35. The summed E-state index contributed by atoms with van der Waals surface area (Å²) in [5.41, 5.74) is 2.71. The lowest BCUT2D eigenvalue weighted by Crippen LogP contribution is -2.30. The summed E-state index contributed by atoms with van der Waals surface area (Å²) >= 11 is 0. The molecule has 0 aliphatic rings. The quantitative estimate of drug-likeness (QED) is 0.875. The molecule has 2 aromatic rings. The number of benzene rings is 1. The van der Waals surface area contributed by atoms with E-state index in [0.29, 0.717) is 12.2 Å². The average molecular weight is 272 g/mol.